The highest BCUT2D eigenvalue weighted by Crippen LogP contribution is 2.38. The van der Waals surface area contributed by atoms with E-state index in [9.17, 15) is 19.1 Å². The average Bonchev–Trinajstić information content (AvgIpc) is 3.36. The van der Waals surface area contributed by atoms with E-state index < -0.39 is 29.8 Å². The number of benzene rings is 2. The lowest BCUT2D eigenvalue weighted by molar-refractivity contribution is -0.149. The zero-order chi connectivity index (χ0) is 28.4. The van der Waals surface area contributed by atoms with Crippen molar-refractivity contribution in [2.75, 3.05) is 32.9 Å². The van der Waals surface area contributed by atoms with Crippen molar-refractivity contribution in [2.24, 2.45) is 4.99 Å². The van der Waals surface area contributed by atoms with Gasteiger partial charge in [-0.05, 0) is 48.7 Å². The predicted octanol–water partition coefficient (Wildman–Crippen LogP) is 4.45. The van der Waals surface area contributed by atoms with Crippen molar-refractivity contribution >= 4 is 55.3 Å². The van der Waals surface area contributed by atoms with Gasteiger partial charge in [0.2, 0.25) is 0 Å². The zero-order valence-electron chi connectivity index (χ0n) is 21.9. The SMILES string of the molecule is CCOC(=O)C1=C(CN2CCOCC2C(=O)O)NC(c2nc3ccc(CC)cc3s2)=NC1c1ccc(F)cc1Br. The minimum atomic E-state index is -1.02. The summed E-state index contributed by atoms with van der Waals surface area (Å²) in [5.41, 5.74) is 3.25. The van der Waals surface area contributed by atoms with E-state index in [0.29, 0.717) is 39.7 Å². The van der Waals surface area contributed by atoms with Gasteiger partial charge in [-0.3, -0.25) is 14.7 Å². The van der Waals surface area contributed by atoms with Gasteiger partial charge in [0.1, 0.15) is 17.9 Å². The highest BCUT2D eigenvalue weighted by Gasteiger charge is 2.37. The fourth-order valence-electron chi connectivity index (χ4n) is 4.77. The Morgan fingerprint density at radius 3 is 2.83 bits per heavy atom. The van der Waals surface area contributed by atoms with Crippen molar-refractivity contribution in [3.8, 4) is 0 Å². The molecule has 12 heteroatoms. The van der Waals surface area contributed by atoms with E-state index in [1.807, 2.05) is 12.1 Å². The molecule has 0 radical (unpaired) electrons. The summed E-state index contributed by atoms with van der Waals surface area (Å²) in [4.78, 5) is 36.9. The second-order valence-corrected chi connectivity index (χ2v) is 11.2. The number of nitrogens with one attached hydrogen (secondary N) is 1. The highest BCUT2D eigenvalue weighted by molar-refractivity contribution is 9.10. The number of amidine groups is 1. The third-order valence-electron chi connectivity index (χ3n) is 6.83. The molecule has 0 aliphatic carbocycles. The van der Waals surface area contributed by atoms with Crippen molar-refractivity contribution in [1.82, 2.24) is 15.2 Å². The lowest BCUT2D eigenvalue weighted by Gasteiger charge is -2.35. The first kappa shape index (κ1) is 28.3. The fourth-order valence-corrected chi connectivity index (χ4v) is 6.32. The zero-order valence-corrected chi connectivity index (χ0v) is 24.3. The van der Waals surface area contributed by atoms with Gasteiger partial charge in [-0.2, -0.15) is 0 Å². The minimum absolute atomic E-state index is 0.0306. The fraction of sp³-hybridized carbons (Fsp3) is 0.357. The highest BCUT2D eigenvalue weighted by atomic mass is 79.9. The number of esters is 1. The maximum absolute atomic E-state index is 14.1. The molecule has 0 amide bonds. The van der Waals surface area contributed by atoms with E-state index >= 15 is 0 Å². The Kier molecular flexibility index (Phi) is 8.60. The number of nitrogens with zero attached hydrogens (tertiary/aromatic N) is 3. The van der Waals surface area contributed by atoms with Gasteiger partial charge >= 0.3 is 11.9 Å². The van der Waals surface area contributed by atoms with Crippen LogP contribution >= 0.6 is 27.3 Å². The number of aliphatic carboxylic acids is 1. The number of thiazole rings is 1. The van der Waals surface area contributed by atoms with Gasteiger partial charge in [-0.25, -0.2) is 14.2 Å². The molecule has 0 bridgehead atoms. The second kappa shape index (κ2) is 12.1. The molecule has 0 saturated carbocycles. The summed E-state index contributed by atoms with van der Waals surface area (Å²) in [6, 6.07) is 8.57. The molecule has 40 heavy (non-hydrogen) atoms. The molecule has 3 aromatic rings. The Bertz CT molecular complexity index is 1520. The molecule has 2 aliphatic heterocycles. The normalized spacial score (nSPS) is 19.9. The Balaban J connectivity index is 1.65. The van der Waals surface area contributed by atoms with E-state index in [-0.39, 0.29) is 25.3 Å². The molecule has 2 aliphatic rings. The van der Waals surface area contributed by atoms with Crippen molar-refractivity contribution in [3.63, 3.8) is 0 Å². The van der Waals surface area contributed by atoms with E-state index in [1.165, 1.54) is 29.0 Å². The first-order valence-electron chi connectivity index (χ1n) is 12.9. The number of aliphatic imine (C=N–C) groups is 1. The number of aromatic nitrogens is 1. The molecule has 1 fully saturated rings. The van der Waals surface area contributed by atoms with E-state index in [2.05, 4.69) is 34.2 Å². The van der Waals surface area contributed by atoms with Gasteiger partial charge in [0.25, 0.3) is 0 Å². The molecule has 5 rings (SSSR count). The van der Waals surface area contributed by atoms with Crippen LogP contribution in [0.15, 0.2) is 57.1 Å². The Labute approximate surface area is 242 Å². The van der Waals surface area contributed by atoms with E-state index in [4.69, 9.17) is 19.5 Å². The standard InChI is InChI=1S/C28H28BrFN4O5S/c1-3-15-5-8-19-22(11-15)40-26(32-19)25-31-20(13-34-9-10-38-14-21(34)27(35)36)23(28(37)39-4-2)24(33-25)17-7-6-16(30)12-18(17)29/h5-8,11-12,21,24H,3-4,9-10,13-14H2,1-2H3,(H,31,33)(H,35,36). The summed E-state index contributed by atoms with van der Waals surface area (Å²) < 4.78 is 26.3. The molecule has 3 heterocycles. The molecule has 2 N–H and O–H groups in total. The first-order valence-corrected chi connectivity index (χ1v) is 14.5. The van der Waals surface area contributed by atoms with Gasteiger partial charge in [-0.15, -0.1) is 11.3 Å². The third kappa shape index (κ3) is 5.80. The summed E-state index contributed by atoms with van der Waals surface area (Å²) in [5.74, 6) is -1.61. The van der Waals surface area contributed by atoms with Crippen molar-refractivity contribution in [3.05, 3.63) is 74.1 Å². The van der Waals surface area contributed by atoms with E-state index in [0.717, 1.165) is 16.6 Å². The lowest BCUT2D eigenvalue weighted by Crippen LogP contribution is -2.52. The van der Waals surface area contributed by atoms with Gasteiger partial charge in [0.05, 0.1) is 35.6 Å². The van der Waals surface area contributed by atoms with Crippen LogP contribution in [0.5, 0.6) is 0 Å². The van der Waals surface area contributed by atoms with Crippen molar-refractivity contribution < 1.29 is 28.6 Å². The number of carboxylic acid groups (broad SMARTS) is 1. The number of carbonyl (C=O) groups excluding carboxylic acids is 1. The molecule has 0 spiro atoms. The summed E-state index contributed by atoms with van der Waals surface area (Å²) in [6.07, 6.45) is 0.892. The first-order chi connectivity index (χ1) is 19.3. The Hall–Kier alpha value is -3.19. The number of halogens is 2. The number of morpholine rings is 1. The molecule has 2 unspecified atom stereocenters. The largest absolute Gasteiger partial charge is 0.480 e. The van der Waals surface area contributed by atoms with Crippen LogP contribution in [0, 0.1) is 5.82 Å². The minimum Gasteiger partial charge on any atom is -0.480 e. The number of hydrogen-bond donors (Lipinski definition) is 2. The van der Waals surface area contributed by atoms with E-state index in [1.54, 1.807) is 17.9 Å². The number of aryl methyl sites for hydroxylation is 1. The molecule has 2 aromatic carbocycles. The summed E-state index contributed by atoms with van der Waals surface area (Å²) >= 11 is 4.91. The summed E-state index contributed by atoms with van der Waals surface area (Å²) in [5, 5.41) is 13.7. The lowest BCUT2D eigenvalue weighted by atomic mass is 9.95. The average molecular weight is 632 g/mol. The van der Waals surface area contributed by atoms with Gasteiger partial charge in [0, 0.05) is 23.3 Å². The van der Waals surface area contributed by atoms with Crippen LogP contribution in [0.3, 0.4) is 0 Å². The molecule has 2 atom stereocenters. The maximum Gasteiger partial charge on any atom is 0.338 e. The molecular weight excluding hydrogens is 603 g/mol. The maximum atomic E-state index is 14.1. The van der Waals surface area contributed by atoms with Crippen molar-refractivity contribution in [2.45, 2.75) is 32.4 Å². The smallest absolute Gasteiger partial charge is 0.338 e. The molecule has 1 saturated heterocycles. The second-order valence-electron chi connectivity index (χ2n) is 9.36. The molecule has 1 aromatic heterocycles. The van der Waals surface area contributed by atoms with Gasteiger partial charge < -0.3 is 19.9 Å². The monoisotopic (exact) mass is 630 g/mol. The van der Waals surface area contributed by atoms with Crippen LogP contribution in [0.1, 0.15) is 36.0 Å². The number of carbonyl (C=O) groups is 2. The van der Waals surface area contributed by atoms with Crippen LogP contribution in [0.2, 0.25) is 0 Å². The summed E-state index contributed by atoms with van der Waals surface area (Å²) in [6.45, 7) is 4.78. The van der Waals surface area contributed by atoms with Crippen LogP contribution in [-0.4, -0.2) is 71.7 Å². The van der Waals surface area contributed by atoms with Crippen LogP contribution in [0.4, 0.5) is 4.39 Å². The quantitative estimate of drug-likeness (QED) is 0.351. The molecule has 210 valence electrons. The number of rotatable bonds is 8. The number of ether oxygens (including phenoxy) is 2. The van der Waals surface area contributed by atoms with Crippen LogP contribution in [-0.2, 0) is 25.5 Å². The van der Waals surface area contributed by atoms with Gasteiger partial charge in [-0.1, -0.05) is 35.0 Å². The molecule has 9 nitrogen and oxygen atoms in total. The Morgan fingerprint density at radius 2 is 2.10 bits per heavy atom. The van der Waals surface area contributed by atoms with Crippen LogP contribution in [0.25, 0.3) is 10.2 Å². The number of carboxylic acids is 1. The van der Waals surface area contributed by atoms with Crippen molar-refractivity contribution in [1.29, 1.82) is 0 Å². The summed E-state index contributed by atoms with van der Waals surface area (Å²) in [7, 11) is 0. The number of fused-ring (bicyclic) bond motifs is 1. The molecular formula is C28H28BrFN4O5S. The Morgan fingerprint density at radius 1 is 1.27 bits per heavy atom. The van der Waals surface area contributed by atoms with Crippen LogP contribution < -0.4 is 5.32 Å². The predicted molar refractivity (Wildman–Crippen MR) is 153 cm³/mol. The van der Waals surface area contributed by atoms with Gasteiger partial charge in [0.15, 0.2) is 10.8 Å². The third-order valence-corrected chi connectivity index (χ3v) is 8.54. The topological polar surface area (TPSA) is 113 Å². The number of hydrogen-bond acceptors (Lipinski definition) is 9.